The summed E-state index contributed by atoms with van der Waals surface area (Å²) in [5, 5.41) is 29.2. The molecule has 1 unspecified atom stereocenters. The molecule has 11 heteroatoms. The highest BCUT2D eigenvalue weighted by Crippen LogP contribution is 2.39. The number of thiophene rings is 1. The summed E-state index contributed by atoms with van der Waals surface area (Å²) in [6, 6.07) is 18.1. The molecular formula is C32H32Cl2N8S. The number of benzene rings is 2. The topological polar surface area (TPSA) is 94.7 Å². The van der Waals surface area contributed by atoms with Crippen LogP contribution in [-0.4, -0.2) is 43.5 Å². The molecule has 43 heavy (non-hydrogen) atoms. The molecule has 5 aromatic rings. The summed E-state index contributed by atoms with van der Waals surface area (Å²) in [5.74, 6) is 0. The highest BCUT2D eigenvalue weighted by Gasteiger charge is 2.29. The first-order valence-corrected chi connectivity index (χ1v) is 15.9. The van der Waals surface area contributed by atoms with Crippen molar-refractivity contribution in [1.82, 2.24) is 24.9 Å². The van der Waals surface area contributed by atoms with Crippen molar-refractivity contribution in [3.63, 3.8) is 0 Å². The van der Waals surface area contributed by atoms with Crippen molar-refractivity contribution in [2.75, 3.05) is 23.7 Å². The number of rotatable bonds is 7. The number of nitrogens with one attached hydrogen (secondary N) is 2. The quantitative estimate of drug-likeness (QED) is 0.186. The third-order valence-corrected chi connectivity index (χ3v) is 9.44. The van der Waals surface area contributed by atoms with Crippen molar-refractivity contribution >= 4 is 62.5 Å². The molecule has 8 nitrogen and oxygen atoms in total. The number of nitriles is 1. The van der Waals surface area contributed by atoms with Gasteiger partial charge in [-0.1, -0.05) is 58.7 Å². The van der Waals surface area contributed by atoms with Gasteiger partial charge in [-0.2, -0.15) is 5.26 Å². The van der Waals surface area contributed by atoms with E-state index >= 15 is 0 Å². The van der Waals surface area contributed by atoms with Gasteiger partial charge in [0.2, 0.25) is 0 Å². The zero-order valence-corrected chi connectivity index (χ0v) is 26.5. The monoisotopic (exact) mass is 630 g/mol. The van der Waals surface area contributed by atoms with Gasteiger partial charge in [-0.05, 0) is 62.8 Å². The standard InChI is InChI=1S/C32H32Cl2N8S/c1-32(2,3)41-12-9-23(10-13-41)42-19-27(39-40-42)29(20-7-5-4-6-8-20)37-22-15-24-28(38-26-11-14-43-31(26)34)21(17-35)18-36-30(24)25(33)16-22/h4-8,11,14-16,18-19,23,29,37H,9-10,12-13H2,1-3H3,(H,36,38). The molecule has 3 aromatic heterocycles. The van der Waals surface area contributed by atoms with Crippen molar-refractivity contribution in [3.05, 3.63) is 92.5 Å². The lowest BCUT2D eigenvalue weighted by molar-refractivity contribution is 0.0866. The molecule has 0 saturated carbocycles. The molecule has 2 aromatic carbocycles. The number of nitrogens with zero attached hydrogens (tertiary/aromatic N) is 6. The molecule has 0 bridgehead atoms. The summed E-state index contributed by atoms with van der Waals surface area (Å²) < 4.78 is 2.63. The summed E-state index contributed by atoms with van der Waals surface area (Å²) in [4.78, 5) is 7.02. The van der Waals surface area contributed by atoms with Crippen molar-refractivity contribution in [1.29, 1.82) is 5.26 Å². The van der Waals surface area contributed by atoms with Gasteiger partial charge in [0.25, 0.3) is 0 Å². The molecule has 1 saturated heterocycles. The van der Waals surface area contributed by atoms with Gasteiger partial charge in [0.1, 0.15) is 16.1 Å². The summed E-state index contributed by atoms with van der Waals surface area (Å²) in [5.41, 5.74) is 5.08. The normalized spacial score (nSPS) is 15.3. The minimum absolute atomic E-state index is 0.164. The molecular weight excluding hydrogens is 599 g/mol. The van der Waals surface area contributed by atoms with E-state index in [1.54, 1.807) is 0 Å². The smallest absolute Gasteiger partial charge is 0.116 e. The molecule has 0 spiro atoms. The summed E-state index contributed by atoms with van der Waals surface area (Å²) in [7, 11) is 0. The molecule has 1 fully saturated rings. The SMILES string of the molecule is CC(C)(C)N1CCC(n2cc(C(Nc3cc(Cl)c4ncc(C#N)c(Nc5ccsc5Cl)c4c3)c3ccccc3)nn2)CC1. The van der Waals surface area contributed by atoms with Gasteiger partial charge in [-0.3, -0.25) is 9.88 Å². The number of hydrogen-bond acceptors (Lipinski definition) is 8. The van der Waals surface area contributed by atoms with Gasteiger partial charge in [0.05, 0.1) is 45.8 Å². The van der Waals surface area contributed by atoms with E-state index in [1.165, 1.54) is 17.5 Å². The fourth-order valence-electron chi connectivity index (χ4n) is 5.62. The molecule has 0 amide bonds. The van der Waals surface area contributed by atoms with E-state index in [2.05, 4.69) is 76.0 Å². The first kappa shape index (κ1) is 29.4. The van der Waals surface area contributed by atoms with Crippen LogP contribution < -0.4 is 10.6 Å². The minimum Gasteiger partial charge on any atom is -0.373 e. The zero-order valence-electron chi connectivity index (χ0n) is 24.2. The number of likely N-dealkylation sites (tertiary alicyclic amines) is 1. The Morgan fingerprint density at radius 1 is 1.09 bits per heavy atom. The van der Waals surface area contributed by atoms with Gasteiger partial charge in [0, 0.05) is 35.9 Å². The van der Waals surface area contributed by atoms with Crippen LogP contribution in [-0.2, 0) is 0 Å². The van der Waals surface area contributed by atoms with E-state index in [9.17, 15) is 5.26 Å². The van der Waals surface area contributed by atoms with E-state index in [4.69, 9.17) is 23.2 Å². The second kappa shape index (κ2) is 12.1. The largest absolute Gasteiger partial charge is 0.373 e. The van der Waals surface area contributed by atoms with Crippen molar-refractivity contribution < 1.29 is 0 Å². The van der Waals surface area contributed by atoms with Crippen LogP contribution in [0.5, 0.6) is 0 Å². The van der Waals surface area contributed by atoms with Crippen molar-refractivity contribution in [2.45, 2.75) is 51.2 Å². The Morgan fingerprint density at radius 3 is 2.53 bits per heavy atom. The van der Waals surface area contributed by atoms with E-state index in [0.717, 1.165) is 48.6 Å². The summed E-state index contributed by atoms with van der Waals surface area (Å²) in [6.45, 7) is 8.87. The molecule has 1 aliphatic heterocycles. The molecule has 1 aliphatic rings. The number of fused-ring (bicyclic) bond motifs is 1. The Bertz CT molecular complexity index is 1780. The summed E-state index contributed by atoms with van der Waals surface area (Å²) in [6.07, 6.45) is 5.65. The second-order valence-corrected chi connectivity index (χ2v) is 13.7. The van der Waals surface area contributed by atoms with Gasteiger partial charge in [-0.15, -0.1) is 16.4 Å². The van der Waals surface area contributed by atoms with Crippen LogP contribution in [0.2, 0.25) is 9.36 Å². The first-order valence-electron chi connectivity index (χ1n) is 14.2. The third-order valence-electron chi connectivity index (χ3n) is 7.98. The van der Waals surface area contributed by atoms with E-state index in [1.807, 2.05) is 46.5 Å². The van der Waals surface area contributed by atoms with Crippen LogP contribution in [0.3, 0.4) is 0 Å². The lowest BCUT2D eigenvalue weighted by Gasteiger charge is -2.40. The van der Waals surface area contributed by atoms with Crippen LogP contribution in [0, 0.1) is 11.3 Å². The van der Waals surface area contributed by atoms with Crippen molar-refractivity contribution in [2.24, 2.45) is 0 Å². The number of hydrogen-bond donors (Lipinski definition) is 2. The fraction of sp³-hybridized carbons (Fsp3) is 0.312. The number of anilines is 3. The maximum atomic E-state index is 9.89. The van der Waals surface area contributed by atoms with E-state index < -0.39 is 0 Å². The average molecular weight is 632 g/mol. The molecule has 2 N–H and O–H groups in total. The van der Waals surface area contributed by atoms with Gasteiger partial charge in [-0.25, -0.2) is 4.68 Å². The minimum atomic E-state index is -0.284. The summed E-state index contributed by atoms with van der Waals surface area (Å²) >= 11 is 14.6. The number of halogens is 2. The molecule has 220 valence electrons. The molecule has 6 rings (SSSR count). The lowest BCUT2D eigenvalue weighted by Crippen LogP contribution is -2.46. The molecule has 4 heterocycles. The van der Waals surface area contributed by atoms with Gasteiger partial charge in [0.15, 0.2) is 0 Å². The van der Waals surface area contributed by atoms with Crippen molar-refractivity contribution in [3.8, 4) is 6.07 Å². The maximum Gasteiger partial charge on any atom is 0.116 e. The highest BCUT2D eigenvalue weighted by atomic mass is 35.5. The number of aromatic nitrogens is 4. The Hall–Kier alpha value is -3.68. The Balaban J connectivity index is 1.35. The number of pyridine rings is 1. The van der Waals surface area contributed by atoms with Crippen LogP contribution in [0.15, 0.2) is 66.3 Å². The first-order chi connectivity index (χ1) is 20.7. The van der Waals surface area contributed by atoms with E-state index in [-0.39, 0.29) is 11.6 Å². The van der Waals surface area contributed by atoms with Crippen LogP contribution in [0.25, 0.3) is 10.9 Å². The second-order valence-electron chi connectivity index (χ2n) is 11.7. The predicted molar refractivity (Wildman–Crippen MR) is 176 cm³/mol. The van der Waals surface area contributed by atoms with Gasteiger partial charge >= 0.3 is 0 Å². The Morgan fingerprint density at radius 2 is 1.86 bits per heavy atom. The Labute approximate surface area is 265 Å². The fourth-order valence-corrected chi connectivity index (χ4v) is 6.72. The lowest BCUT2D eigenvalue weighted by atomic mass is 9.98. The van der Waals surface area contributed by atoms with Crippen LogP contribution >= 0.6 is 34.5 Å². The molecule has 0 radical (unpaired) electrons. The average Bonchev–Trinajstić information content (AvgIpc) is 3.65. The molecule has 1 atom stereocenters. The van der Waals surface area contributed by atoms with E-state index in [0.29, 0.717) is 37.6 Å². The van der Waals surface area contributed by atoms with Gasteiger partial charge < -0.3 is 10.6 Å². The highest BCUT2D eigenvalue weighted by molar-refractivity contribution is 7.15. The Kier molecular flexibility index (Phi) is 8.29. The third kappa shape index (κ3) is 6.20. The number of piperidine rings is 1. The zero-order chi connectivity index (χ0) is 30.1. The maximum absolute atomic E-state index is 9.89. The molecule has 0 aliphatic carbocycles. The van der Waals surface area contributed by atoms with Crippen LogP contribution in [0.1, 0.15) is 62.5 Å². The predicted octanol–water partition coefficient (Wildman–Crippen LogP) is 8.45. The van der Waals surface area contributed by atoms with Crippen LogP contribution in [0.4, 0.5) is 17.1 Å².